The molecule has 5 saturated carbocycles. The minimum atomic E-state index is 0.156. The predicted molar refractivity (Wildman–Crippen MR) is 212 cm³/mol. The Bertz CT molecular complexity index is 1480. The van der Waals surface area contributed by atoms with E-state index in [1.54, 1.807) is 5.70 Å². The number of allylic oxidation sites excluding steroid dienone is 5. The minimum absolute atomic E-state index is 0.156. The van der Waals surface area contributed by atoms with E-state index >= 15 is 0 Å². The molecule has 17 atom stereocenters. The van der Waals surface area contributed by atoms with Gasteiger partial charge in [0.2, 0.25) is 0 Å². The molecular formula is C49H70N2O2. The first-order valence-corrected chi connectivity index (χ1v) is 23.9. The normalized spacial score (nSPS) is 52.7. The molecular weight excluding hydrogens is 649 g/mol. The number of nitrogens with zero attached hydrogens (tertiary/aromatic N) is 2. The highest BCUT2D eigenvalue weighted by atomic mass is 16.5. The van der Waals surface area contributed by atoms with Crippen LogP contribution in [0.3, 0.4) is 0 Å². The summed E-state index contributed by atoms with van der Waals surface area (Å²) in [7, 11) is 0. The van der Waals surface area contributed by atoms with Crippen molar-refractivity contribution < 1.29 is 9.47 Å². The molecule has 0 N–H and O–H groups in total. The predicted octanol–water partition coefficient (Wildman–Crippen LogP) is 10.9. The highest BCUT2D eigenvalue weighted by Crippen LogP contribution is 2.70. The van der Waals surface area contributed by atoms with Crippen molar-refractivity contribution >= 4 is 0 Å². The molecule has 0 aromatic carbocycles. The van der Waals surface area contributed by atoms with Crippen LogP contribution < -0.4 is 0 Å². The fourth-order valence-electron chi connectivity index (χ4n) is 17.7. The van der Waals surface area contributed by atoms with E-state index in [2.05, 4.69) is 46.3 Å². The first-order chi connectivity index (χ1) is 26.3. The molecule has 4 nitrogen and oxygen atoms in total. The maximum atomic E-state index is 7.71. The molecule has 4 heterocycles. The Labute approximate surface area is 321 Å². The smallest absolute Gasteiger partial charge is 0.105 e. The molecule has 0 bridgehead atoms. The number of rotatable bonds is 2. The van der Waals surface area contributed by atoms with Gasteiger partial charge in [-0.15, -0.1) is 0 Å². The van der Waals surface area contributed by atoms with Crippen LogP contribution in [0.2, 0.25) is 0 Å². The number of hydrogen-bond acceptors (Lipinski definition) is 4. The molecule has 0 amide bonds. The van der Waals surface area contributed by atoms with Gasteiger partial charge in [-0.05, 0) is 144 Å². The Balaban J connectivity index is 1.00. The lowest BCUT2D eigenvalue weighted by Gasteiger charge is -2.68. The Morgan fingerprint density at radius 2 is 1.26 bits per heavy atom. The summed E-state index contributed by atoms with van der Waals surface area (Å²) in [5.74, 6) is 7.26. The summed E-state index contributed by atoms with van der Waals surface area (Å²) in [4.78, 5) is 6.50. The van der Waals surface area contributed by atoms with Gasteiger partial charge < -0.3 is 14.4 Å². The first-order valence-electron chi connectivity index (χ1n) is 23.9. The third-order valence-corrected chi connectivity index (χ3v) is 19.1. The zero-order chi connectivity index (χ0) is 34.7. The van der Waals surface area contributed by atoms with Crippen molar-refractivity contribution in [2.75, 3.05) is 0 Å². The maximum absolute atomic E-state index is 7.71. The zero-order valence-electron chi connectivity index (χ0n) is 32.9. The number of likely N-dealkylation sites (tertiary alicyclic amines) is 2. The largest absolute Gasteiger partial charge is 0.494 e. The van der Waals surface area contributed by atoms with Crippen LogP contribution in [-0.4, -0.2) is 58.3 Å². The molecule has 288 valence electrons. The van der Waals surface area contributed by atoms with Crippen molar-refractivity contribution in [3.05, 3.63) is 47.9 Å². The number of hydrogen-bond donors (Lipinski definition) is 0. The van der Waals surface area contributed by atoms with Gasteiger partial charge in [-0.1, -0.05) is 75.7 Å². The molecule has 12 aliphatic rings. The van der Waals surface area contributed by atoms with E-state index < -0.39 is 0 Å². The Kier molecular flexibility index (Phi) is 8.42. The lowest BCUT2D eigenvalue weighted by molar-refractivity contribution is -0.253. The second kappa shape index (κ2) is 13.3. The van der Waals surface area contributed by atoms with Gasteiger partial charge >= 0.3 is 0 Å². The molecule has 0 radical (unpaired) electrons. The Morgan fingerprint density at radius 1 is 0.604 bits per heavy atom. The van der Waals surface area contributed by atoms with Crippen molar-refractivity contribution in [3.63, 3.8) is 0 Å². The van der Waals surface area contributed by atoms with Gasteiger partial charge in [0.15, 0.2) is 0 Å². The topological polar surface area (TPSA) is 24.9 Å². The van der Waals surface area contributed by atoms with E-state index in [-0.39, 0.29) is 11.5 Å². The third-order valence-electron chi connectivity index (χ3n) is 19.1. The summed E-state index contributed by atoms with van der Waals surface area (Å²) in [6, 6.07) is 3.95. The van der Waals surface area contributed by atoms with Crippen LogP contribution in [0.15, 0.2) is 47.9 Å². The molecule has 53 heavy (non-hydrogen) atoms. The molecule has 12 rings (SSSR count). The second-order valence-corrected chi connectivity index (χ2v) is 20.9. The van der Waals surface area contributed by atoms with E-state index in [0.717, 1.165) is 53.9 Å². The van der Waals surface area contributed by atoms with Gasteiger partial charge in [0.1, 0.15) is 6.10 Å². The summed E-state index contributed by atoms with van der Waals surface area (Å²) in [5, 5.41) is 0. The van der Waals surface area contributed by atoms with Crippen molar-refractivity contribution in [3.8, 4) is 0 Å². The fourth-order valence-corrected chi connectivity index (χ4v) is 17.7. The van der Waals surface area contributed by atoms with Crippen LogP contribution >= 0.6 is 0 Å². The highest BCUT2D eigenvalue weighted by Gasteiger charge is 2.70. The first kappa shape index (κ1) is 33.6. The van der Waals surface area contributed by atoms with Gasteiger partial charge in [-0.2, -0.15) is 0 Å². The molecule has 4 saturated heterocycles. The van der Waals surface area contributed by atoms with Crippen LogP contribution in [0.4, 0.5) is 0 Å². The minimum Gasteiger partial charge on any atom is -0.494 e. The lowest BCUT2D eigenvalue weighted by Crippen LogP contribution is -2.69. The van der Waals surface area contributed by atoms with Crippen LogP contribution in [-0.2, 0) is 9.47 Å². The molecule has 9 fully saturated rings. The van der Waals surface area contributed by atoms with Gasteiger partial charge in [-0.3, -0.25) is 4.90 Å². The van der Waals surface area contributed by atoms with Crippen molar-refractivity contribution in [2.24, 2.45) is 52.8 Å². The monoisotopic (exact) mass is 719 g/mol. The van der Waals surface area contributed by atoms with E-state index in [1.165, 1.54) is 160 Å². The van der Waals surface area contributed by atoms with Crippen molar-refractivity contribution in [1.82, 2.24) is 9.80 Å². The molecule has 4 heteroatoms. The quantitative estimate of drug-likeness (QED) is 0.265. The van der Waals surface area contributed by atoms with E-state index in [0.29, 0.717) is 35.9 Å². The number of ether oxygens (including phenoxy) is 2. The van der Waals surface area contributed by atoms with Gasteiger partial charge in [0, 0.05) is 59.1 Å². The third kappa shape index (κ3) is 4.91. The van der Waals surface area contributed by atoms with Crippen LogP contribution in [0.5, 0.6) is 0 Å². The summed E-state index contributed by atoms with van der Waals surface area (Å²) in [6.45, 7) is 0. The van der Waals surface area contributed by atoms with Crippen molar-refractivity contribution in [2.45, 2.75) is 203 Å². The van der Waals surface area contributed by atoms with Crippen LogP contribution in [0.1, 0.15) is 154 Å². The molecule has 8 aliphatic carbocycles. The molecule has 1 spiro atoms. The SMILES string of the molecule is C1=CC2OC3CCC(N4C5CCCCC5C5CCCCC54)CC3C3(C4CCCC=C4OC4CCC=CC43)C2C(N2C3CCCCC3C3CCCCC32)=C1. The van der Waals surface area contributed by atoms with E-state index in [1.807, 2.05) is 0 Å². The van der Waals surface area contributed by atoms with Crippen LogP contribution in [0, 0.1) is 52.8 Å². The van der Waals surface area contributed by atoms with Gasteiger partial charge in [0.05, 0.1) is 18.0 Å². The average molecular weight is 719 g/mol. The second-order valence-electron chi connectivity index (χ2n) is 20.9. The van der Waals surface area contributed by atoms with Crippen molar-refractivity contribution in [1.29, 1.82) is 0 Å². The molecule has 0 aromatic heterocycles. The lowest BCUT2D eigenvalue weighted by atomic mass is 9.43. The van der Waals surface area contributed by atoms with Gasteiger partial charge in [-0.25, -0.2) is 0 Å². The zero-order valence-corrected chi connectivity index (χ0v) is 32.9. The van der Waals surface area contributed by atoms with Crippen LogP contribution in [0.25, 0.3) is 0 Å². The maximum Gasteiger partial charge on any atom is 0.105 e. The highest BCUT2D eigenvalue weighted by molar-refractivity contribution is 5.37. The van der Waals surface area contributed by atoms with E-state index in [4.69, 9.17) is 9.47 Å². The molecule has 17 unspecified atom stereocenters. The summed E-state index contributed by atoms with van der Waals surface area (Å²) < 4.78 is 15.0. The summed E-state index contributed by atoms with van der Waals surface area (Å²) >= 11 is 0. The standard InChI is InChI=1S/C49H70N2O2/c1-7-20-39-32(14-1)33-15-2-8-21-40(33)50(39)31-28-29-46-38(30-31)49(36-18-5-11-25-44(36)52-45-26-12-6-19-37(45)49)48-43(24-13-27-47(48)53-46)51-41-22-9-3-16-34(41)35-17-4-10-23-42(35)51/h5,13,18,24,26-27,31-42,44,46-48H,1-4,6-12,14-17,19-23,25,28-30H2. The number of fused-ring (bicyclic) bond motifs is 14. The molecule has 0 aromatic rings. The Morgan fingerprint density at radius 3 is 1.98 bits per heavy atom. The van der Waals surface area contributed by atoms with E-state index in [9.17, 15) is 0 Å². The summed E-state index contributed by atoms with van der Waals surface area (Å²) in [6.07, 6.45) is 50.3. The Hall–Kier alpha value is -1.52. The fraction of sp³-hybridized carbons (Fsp3) is 0.837. The van der Waals surface area contributed by atoms with Gasteiger partial charge in [0.25, 0.3) is 0 Å². The average Bonchev–Trinajstić information content (AvgIpc) is 3.74. The summed E-state index contributed by atoms with van der Waals surface area (Å²) in [5.41, 5.74) is 1.90. The molecule has 4 aliphatic heterocycles.